The zero-order valence-corrected chi connectivity index (χ0v) is 13.5. The Hall–Kier alpha value is -1.89. The van der Waals surface area contributed by atoms with Gasteiger partial charge in [0.2, 0.25) is 11.1 Å². The number of hydrogen-bond acceptors (Lipinski definition) is 5. The molecule has 2 heterocycles. The number of halogens is 2. The normalized spacial score (nSPS) is 10.9. The van der Waals surface area contributed by atoms with Crippen molar-refractivity contribution in [3.8, 4) is 5.69 Å². The second-order valence-corrected chi connectivity index (χ2v) is 6.43. The maximum absolute atomic E-state index is 12.3. The maximum Gasteiger partial charge on any atom is 0.362 e. The van der Waals surface area contributed by atoms with E-state index in [2.05, 4.69) is 9.84 Å². The van der Waals surface area contributed by atoms with Crippen LogP contribution in [0.15, 0.2) is 35.1 Å². The summed E-state index contributed by atoms with van der Waals surface area (Å²) < 4.78 is 6.53. The molecule has 2 aromatic heterocycles. The quantitative estimate of drug-likeness (QED) is 0.660. The van der Waals surface area contributed by atoms with Crippen LogP contribution in [0, 0.1) is 0 Å². The first-order valence-corrected chi connectivity index (χ1v) is 7.65. The van der Waals surface area contributed by atoms with E-state index in [0.717, 1.165) is 0 Å². The number of carbonyl (C=O) groups is 1. The Morgan fingerprint density at radius 2 is 1.95 bits per heavy atom. The fourth-order valence-electron chi connectivity index (χ4n) is 1.98. The number of ether oxygens (including phenoxy) is 1. The van der Waals surface area contributed by atoms with Crippen molar-refractivity contribution in [2.24, 2.45) is 0 Å². The summed E-state index contributed by atoms with van der Waals surface area (Å²) in [5.74, 6) is -0.795. The molecule has 0 bridgehead atoms. The van der Waals surface area contributed by atoms with Crippen molar-refractivity contribution in [2.75, 3.05) is 7.11 Å². The number of nitrogens with zero attached hydrogens (tertiary/aromatic N) is 2. The average molecular weight is 355 g/mol. The van der Waals surface area contributed by atoms with E-state index in [0.29, 0.717) is 25.3 Å². The molecule has 112 valence electrons. The first-order valence-electron chi connectivity index (χ1n) is 6.08. The number of methoxy groups -OCH3 is 1. The number of carbonyl (C=O) groups excluding carboxylic acids is 1. The minimum atomic E-state index is -0.795. The monoisotopic (exact) mass is 354 g/mol. The molecule has 3 aromatic rings. The van der Waals surface area contributed by atoms with Crippen LogP contribution in [0.4, 0.5) is 0 Å². The van der Waals surface area contributed by atoms with Gasteiger partial charge in [0.1, 0.15) is 4.83 Å². The fourth-order valence-corrected chi connectivity index (χ4v) is 3.29. The lowest BCUT2D eigenvalue weighted by atomic mass is 10.2. The number of thiophene rings is 1. The van der Waals surface area contributed by atoms with E-state index in [4.69, 9.17) is 23.2 Å². The van der Waals surface area contributed by atoms with Gasteiger partial charge in [-0.15, -0.1) is 11.3 Å². The Balaban J connectivity index is 2.37. The van der Waals surface area contributed by atoms with Gasteiger partial charge in [-0.1, -0.05) is 23.2 Å². The van der Waals surface area contributed by atoms with Crippen LogP contribution >= 0.6 is 34.5 Å². The number of hydrogen-bond donors (Lipinski definition) is 0. The minimum absolute atomic E-state index is 0.292. The van der Waals surface area contributed by atoms with Crippen molar-refractivity contribution in [1.82, 2.24) is 9.78 Å². The highest BCUT2D eigenvalue weighted by Gasteiger charge is 2.20. The summed E-state index contributed by atoms with van der Waals surface area (Å²) in [5.41, 5.74) is -0.146. The topological polar surface area (TPSA) is 61.2 Å². The highest BCUT2D eigenvalue weighted by Crippen LogP contribution is 2.29. The second kappa shape index (κ2) is 5.72. The fraction of sp³-hybridized carbons (Fsp3) is 0.0714. The zero-order valence-electron chi connectivity index (χ0n) is 11.2. The van der Waals surface area contributed by atoms with Gasteiger partial charge in [-0.05, 0) is 30.3 Å². The Morgan fingerprint density at radius 3 is 2.59 bits per heavy atom. The summed E-state index contributed by atoms with van der Waals surface area (Å²) in [4.78, 5) is 24.6. The van der Waals surface area contributed by atoms with Crippen molar-refractivity contribution in [1.29, 1.82) is 0 Å². The van der Waals surface area contributed by atoms with Gasteiger partial charge in [0.15, 0.2) is 0 Å². The van der Waals surface area contributed by atoms with E-state index in [-0.39, 0.29) is 5.69 Å². The summed E-state index contributed by atoms with van der Waals surface area (Å²) in [6.07, 6.45) is 0. The molecular weight excluding hydrogens is 347 g/mol. The summed E-state index contributed by atoms with van der Waals surface area (Å²) in [7, 11) is 1.20. The lowest BCUT2D eigenvalue weighted by molar-refractivity contribution is 0.0590. The third-order valence-electron chi connectivity index (χ3n) is 2.98. The molecule has 0 aliphatic rings. The largest absolute Gasteiger partial charge is 0.464 e. The number of fused-ring (bicyclic) bond motifs is 1. The highest BCUT2D eigenvalue weighted by molar-refractivity contribution is 7.22. The van der Waals surface area contributed by atoms with E-state index in [1.54, 1.807) is 24.3 Å². The molecule has 0 amide bonds. The summed E-state index contributed by atoms with van der Waals surface area (Å²) in [6.45, 7) is 0. The molecule has 22 heavy (non-hydrogen) atoms. The van der Waals surface area contributed by atoms with E-state index >= 15 is 0 Å². The number of aromatic nitrogens is 2. The molecule has 8 heteroatoms. The molecule has 5 nitrogen and oxygen atoms in total. The lowest BCUT2D eigenvalue weighted by Crippen LogP contribution is -2.22. The average Bonchev–Trinajstić information content (AvgIpc) is 2.90. The standard InChI is InChI=1S/C14H8Cl2N2O3S/c1-21-14(20)11-12(19)9-6-10(16)22-13(9)18(17-11)8-4-2-7(15)3-5-8/h2-6H,1H3. The molecule has 1 aromatic carbocycles. The maximum atomic E-state index is 12.3. The van der Waals surface area contributed by atoms with E-state index in [9.17, 15) is 9.59 Å². The minimum Gasteiger partial charge on any atom is -0.464 e. The van der Waals surface area contributed by atoms with Crippen LogP contribution in [-0.2, 0) is 4.74 Å². The molecule has 0 spiro atoms. The SMILES string of the molecule is COC(=O)c1nn(-c2ccc(Cl)cc2)c2sc(Cl)cc2c1=O. The Morgan fingerprint density at radius 1 is 1.27 bits per heavy atom. The van der Waals surface area contributed by atoms with Crippen LogP contribution in [0.3, 0.4) is 0 Å². The predicted octanol–water partition coefficient (Wildman–Crippen LogP) is 3.54. The van der Waals surface area contributed by atoms with Crippen molar-refractivity contribution in [3.05, 3.63) is 55.6 Å². The molecule has 0 fully saturated rings. The molecule has 3 rings (SSSR count). The van der Waals surface area contributed by atoms with Crippen LogP contribution in [0.1, 0.15) is 10.5 Å². The molecule has 0 unspecified atom stereocenters. The van der Waals surface area contributed by atoms with Crippen molar-refractivity contribution in [3.63, 3.8) is 0 Å². The first-order chi connectivity index (χ1) is 10.5. The Bertz CT molecular complexity index is 932. The van der Waals surface area contributed by atoms with Crippen molar-refractivity contribution >= 4 is 50.7 Å². The van der Waals surface area contributed by atoms with Gasteiger partial charge < -0.3 is 4.74 Å². The number of esters is 1. The highest BCUT2D eigenvalue weighted by atomic mass is 35.5. The van der Waals surface area contributed by atoms with E-state index in [1.165, 1.54) is 29.2 Å². The lowest BCUT2D eigenvalue weighted by Gasteiger charge is -2.08. The van der Waals surface area contributed by atoms with E-state index < -0.39 is 11.4 Å². The Labute approximate surface area is 138 Å². The second-order valence-electron chi connectivity index (χ2n) is 4.33. The summed E-state index contributed by atoms with van der Waals surface area (Å²) in [5, 5.41) is 5.01. The number of benzene rings is 1. The molecule has 0 saturated carbocycles. The molecule has 0 aliphatic carbocycles. The van der Waals surface area contributed by atoms with Crippen LogP contribution < -0.4 is 5.43 Å². The summed E-state index contributed by atoms with van der Waals surface area (Å²) in [6, 6.07) is 8.36. The number of rotatable bonds is 2. The third-order valence-corrected chi connectivity index (χ3v) is 4.48. The molecule has 0 saturated heterocycles. The zero-order chi connectivity index (χ0) is 15.9. The van der Waals surface area contributed by atoms with Crippen molar-refractivity contribution < 1.29 is 9.53 Å². The third kappa shape index (κ3) is 2.49. The van der Waals surface area contributed by atoms with E-state index in [1.807, 2.05) is 0 Å². The molecule has 0 radical (unpaired) electrons. The van der Waals surface area contributed by atoms with Gasteiger partial charge in [0, 0.05) is 5.02 Å². The van der Waals surface area contributed by atoms with Gasteiger partial charge in [-0.2, -0.15) is 5.10 Å². The Kier molecular flexibility index (Phi) is 3.90. The van der Waals surface area contributed by atoms with Crippen LogP contribution in [0.25, 0.3) is 15.9 Å². The van der Waals surface area contributed by atoms with Gasteiger partial charge in [-0.25, -0.2) is 9.48 Å². The van der Waals surface area contributed by atoms with Crippen LogP contribution in [0.5, 0.6) is 0 Å². The van der Waals surface area contributed by atoms with Crippen LogP contribution in [-0.4, -0.2) is 22.9 Å². The van der Waals surface area contributed by atoms with Gasteiger partial charge in [0.05, 0.1) is 22.5 Å². The predicted molar refractivity (Wildman–Crippen MR) is 86.6 cm³/mol. The van der Waals surface area contributed by atoms with Gasteiger partial charge >= 0.3 is 5.97 Å². The molecular formula is C14H8Cl2N2O3S. The molecule has 0 aliphatic heterocycles. The first kappa shape index (κ1) is 15.0. The molecule has 0 N–H and O–H groups in total. The summed E-state index contributed by atoms with van der Waals surface area (Å²) >= 11 is 13.1. The van der Waals surface area contributed by atoms with Crippen molar-refractivity contribution in [2.45, 2.75) is 0 Å². The van der Waals surface area contributed by atoms with Gasteiger partial charge in [0.25, 0.3) is 0 Å². The van der Waals surface area contributed by atoms with Gasteiger partial charge in [-0.3, -0.25) is 4.79 Å². The molecule has 0 atom stereocenters. The smallest absolute Gasteiger partial charge is 0.362 e. The van der Waals surface area contributed by atoms with Crippen LogP contribution in [0.2, 0.25) is 9.36 Å².